The lowest BCUT2D eigenvalue weighted by Gasteiger charge is -2.05. The molecule has 0 aliphatic carbocycles. The minimum Gasteiger partial charge on any atom is -0.504 e. The van der Waals surface area contributed by atoms with E-state index in [0.717, 1.165) is 10.8 Å². The molecule has 3 aromatic carbocycles. The predicted molar refractivity (Wildman–Crippen MR) is 80.8 cm³/mol. The highest BCUT2D eigenvalue weighted by molar-refractivity contribution is 5.99. The van der Waals surface area contributed by atoms with Gasteiger partial charge in [-0.15, -0.1) is 0 Å². The van der Waals surface area contributed by atoms with E-state index in [0.29, 0.717) is 11.0 Å². The molecule has 0 amide bonds. The molecular weight excluding hydrogens is 268 g/mol. The molecule has 0 radical (unpaired) electrons. The normalized spacial score (nSPS) is 11.4. The summed E-state index contributed by atoms with van der Waals surface area (Å²) in [6, 6.07) is 13.7. The molecule has 0 atom stereocenters. The van der Waals surface area contributed by atoms with Gasteiger partial charge in [0.15, 0.2) is 11.5 Å². The largest absolute Gasteiger partial charge is 0.504 e. The molecule has 4 rings (SSSR count). The van der Waals surface area contributed by atoms with Crippen LogP contribution in [0, 0.1) is 0 Å². The van der Waals surface area contributed by atoms with Crippen LogP contribution in [-0.4, -0.2) is 10.2 Å². The topological polar surface area (TPSA) is 70.7 Å². The van der Waals surface area contributed by atoms with Crippen molar-refractivity contribution in [2.24, 2.45) is 0 Å². The Morgan fingerprint density at radius 1 is 0.762 bits per heavy atom. The first-order valence-electron chi connectivity index (χ1n) is 6.45. The maximum absolute atomic E-state index is 12.5. The van der Waals surface area contributed by atoms with Crippen LogP contribution in [0.4, 0.5) is 0 Å². The van der Waals surface area contributed by atoms with Crippen molar-refractivity contribution >= 4 is 32.7 Å². The fraction of sp³-hybridized carbons (Fsp3) is 0. The highest BCUT2D eigenvalue weighted by Crippen LogP contribution is 2.31. The van der Waals surface area contributed by atoms with Gasteiger partial charge in [-0.25, -0.2) is 0 Å². The first-order chi connectivity index (χ1) is 10.1. The number of benzene rings is 3. The molecule has 0 aliphatic heterocycles. The summed E-state index contributed by atoms with van der Waals surface area (Å²) in [7, 11) is 0. The summed E-state index contributed by atoms with van der Waals surface area (Å²) in [5.74, 6) is -0.652. The fourth-order valence-electron chi connectivity index (χ4n) is 2.56. The van der Waals surface area contributed by atoms with Crippen LogP contribution in [-0.2, 0) is 0 Å². The second-order valence-electron chi connectivity index (χ2n) is 4.96. The third-order valence-electron chi connectivity index (χ3n) is 3.63. The number of fused-ring (bicyclic) bond motifs is 3. The van der Waals surface area contributed by atoms with Gasteiger partial charge in [0.05, 0.1) is 10.8 Å². The molecule has 102 valence electrons. The van der Waals surface area contributed by atoms with Crippen LogP contribution in [0.3, 0.4) is 0 Å². The van der Waals surface area contributed by atoms with Gasteiger partial charge < -0.3 is 14.6 Å². The lowest BCUT2D eigenvalue weighted by molar-refractivity contribution is 0.404. The summed E-state index contributed by atoms with van der Waals surface area (Å²) < 4.78 is 5.70. The van der Waals surface area contributed by atoms with Gasteiger partial charge in [0.1, 0.15) is 11.2 Å². The molecule has 0 bridgehead atoms. The molecule has 4 heteroatoms. The number of phenolic OH excluding ortho intramolecular Hbond substituents is 2. The van der Waals surface area contributed by atoms with E-state index in [2.05, 4.69) is 0 Å². The highest BCUT2D eigenvalue weighted by atomic mass is 16.3. The Labute approximate surface area is 118 Å². The van der Waals surface area contributed by atoms with E-state index < -0.39 is 0 Å². The molecule has 1 aromatic heterocycles. The average molecular weight is 278 g/mol. The highest BCUT2D eigenvalue weighted by Gasteiger charge is 2.12. The molecule has 21 heavy (non-hydrogen) atoms. The van der Waals surface area contributed by atoms with Gasteiger partial charge in [0.2, 0.25) is 5.43 Å². The molecule has 1 heterocycles. The number of hydrogen-bond acceptors (Lipinski definition) is 4. The van der Waals surface area contributed by atoms with E-state index in [9.17, 15) is 15.0 Å². The second-order valence-corrected chi connectivity index (χ2v) is 4.96. The van der Waals surface area contributed by atoms with Gasteiger partial charge in [-0.3, -0.25) is 4.79 Å². The SMILES string of the molecule is O=c1c2cc(O)c(O)cc2oc2cc3ccccc3cc12. The van der Waals surface area contributed by atoms with Crippen LogP contribution >= 0.6 is 0 Å². The molecule has 0 spiro atoms. The van der Waals surface area contributed by atoms with Gasteiger partial charge in [-0.2, -0.15) is 0 Å². The first-order valence-corrected chi connectivity index (χ1v) is 6.45. The smallest absolute Gasteiger partial charge is 0.200 e. The molecule has 0 unspecified atom stereocenters. The van der Waals surface area contributed by atoms with Crippen LogP contribution in [0.15, 0.2) is 57.7 Å². The third-order valence-corrected chi connectivity index (χ3v) is 3.63. The Morgan fingerprint density at radius 3 is 2.10 bits per heavy atom. The summed E-state index contributed by atoms with van der Waals surface area (Å²) >= 11 is 0. The molecular formula is C17H10O4. The zero-order valence-corrected chi connectivity index (χ0v) is 10.8. The third kappa shape index (κ3) is 1.66. The van der Waals surface area contributed by atoms with Crippen LogP contribution < -0.4 is 5.43 Å². The lowest BCUT2D eigenvalue weighted by atomic mass is 10.1. The molecule has 0 saturated heterocycles. The molecule has 0 saturated carbocycles. The maximum Gasteiger partial charge on any atom is 0.200 e. The van der Waals surface area contributed by atoms with E-state index in [1.54, 1.807) is 12.1 Å². The quantitative estimate of drug-likeness (QED) is 0.381. The molecule has 4 nitrogen and oxygen atoms in total. The van der Waals surface area contributed by atoms with Crippen LogP contribution in [0.2, 0.25) is 0 Å². The van der Waals surface area contributed by atoms with Crippen LogP contribution in [0.25, 0.3) is 32.7 Å². The summed E-state index contributed by atoms with van der Waals surface area (Å²) in [5.41, 5.74) is 0.474. The van der Waals surface area contributed by atoms with Gasteiger partial charge in [-0.1, -0.05) is 24.3 Å². The minimum absolute atomic E-state index is 0.229. The lowest BCUT2D eigenvalue weighted by Crippen LogP contribution is -2.02. The fourth-order valence-corrected chi connectivity index (χ4v) is 2.56. The standard InChI is InChI=1S/C17H10O4/c18-13-7-12-16(8-14(13)19)21-15-6-10-4-2-1-3-9(10)5-11(15)17(12)20/h1-8,18-19H. The van der Waals surface area contributed by atoms with Crippen molar-refractivity contribution in [3.8, 4) is 11.5 Å². The van der Waals surface area contributed by atoms with Crippen molar-refractivity contribution in [1.82, 2.24) is 0 Å². The minimum atomic E-state index is -0.338. The van der Waals surface area contributed by atoms with E-state index in [4.69, 9.17) is 4.42 Å². The monoisotopic (exact) mass is 278 g/mol. The summed E-state index contributed by atoms with van der Waals surface area (Å²) in [6.07, 6.45) is 0. The summed E-state index contributed by atoms with van der Waals surface area (Å²) in [5, 5.41) is 21.7. The maximum atomic E-state index is 12.5. The molecule has 2 N–H and O–H groups in total. The zero-order valence-electron chi connectivity index (χ0n) is 10.8. The second kappa shape index (κ2) is 3.99. The average Bonchev–Trinajstić information content (AvgIpc) is 2.48. The number of hydrogen-bond donors (Lipinski definition) is 2. The molecule has 0 fully saturated rings. The van der Waals surface area contributed by atoms with Crippen molar-refractivity contribution in [2.45, 2.75) is 0 Å². The Balaban J connectivity index is 2.24. The van der Waals surface area contributed by atoms with Crippen molar-refractivity contribution in [3.05, 3.63) is 58.8 Å². The molecule has 0 aliphatic rings. The Morgan fingerprint density at radius 2 is 1.33 bits per heavy atom. The summed E-state index contributed by atoms with van der Waals surface area (Å²) in [6.45, 7) is 0. The number of rotatable bonds is 0. The zero-order chi connectivity index (χ0) is 14.6. The van der Waals surface area contributed by atoms with Crippen LogP contribution in [0.1, 0.15) is 0 Å². The van der Waals surface area contributed by atoms with E-state index in [1.807, 2.05) is 24.3 Å². The van der Waals surface area contributed by atoms with Crippen molar-refractivity contribution < 1.29 is 14.6 Å². The van der Waals surface area contributed by atoms with Crippen LogP contribution in [0.5, 0.6) is 11.5 Å². The van der Waals surface area contributed by atoms with E-state index in [1.165, 1.54) is 12.1 Å². The van der Waals surface area contributed by atoms with Crippen molar-refractivity contribution in [2.75, 3.05) is 0 Å². The Bertz CT molecular complexity index is 1080. The number of aromatic hydroxyl groups is 2. The Hall–Kier alpha value is -3.01. The van der Waals surface area contributed by atoms with E-state index in [-0.39, 0.29) is 27.9 Å². The van der Waals surface area contributed by atoms with Gasteiger partial charge in [0.25, 0.3) is 0 Å². The Kier molecular flexibility index (Phi) is 2.24. The number of phenols is 2. The first kappa shape index (κ1) is 11.8. The predicted octanol–water partition coefficient (Wildman–Crippen LogP) is 3.51. The molecule has 4 aromatic rings. The van der Waals surface area contributed by atoms with E-state index >= 15 is 0 Å². The van der Waals surface area contributed by atoms with Gasteiger partial charge in [0, 0.05) is 6.07 Å². The van der Waals surface area contributed by atoms with Gasteiger partial charge >= 0.3 is 0 Å². The van der Waals surface area contributed by atoms with Crippen molar-refractivity contribution in [3.63, 3.8) is 0 Å². The van der Waals surface area contributed by atoms with Crippen molar-refractivity contribution in [1.29, 1.82) is 0 Å². The summed E-state index contributed by atoms with van der Waals surface area (Å²) in [4.78, 5) is 12.5. The van der Waals surface area contributed by atoms with Gasteiger partial charge in [-0.05, 0) is 29.0 Å².